The van der Waals surface area contributed by atoms with Gasteiger partial charge in [-0.2, -0.15) is 0 Å². The first-order valence-corrected chi connectivity index (χ1v) is 7.75. The molecule has 0 saturated heterocycles. The van der Waals surface area contributed by atoms with Crippen molar-refractivity contribution in [3.05, 3.63) is 36.4 Å². The van der Waals surface area contributed by atoms with Crippen molar-refractivity contribution in [1.82, 2.24) is 10.6 Å². The van der Waals surface area contributed by atoms with Gasteiger partial charge in [0.2, 0.25) is 10.0 Å². The number of hydrogen-bond donors (Lipinski definition) is 3. The maximum absolute atomic E-state index is 11.5. The van der Waals surface area contributed by atoms with E-state index < -0.39 is 10.0 Å². The minimum absolute atomic E-state index is 0.0707. The molecule has 1 aromatic rings. The minimum atomic E-state index is -3.86. The largest absolute Gasteiger partial charge is 0.495 e. The molecule has 0 aliphatic carbocycles. The quantitative estimate of drug-likeness (QED) is 0.632. The van der Waals surface area contributed by atoms with Gasteiger partial charge in [-0.25, -0.2) is 18.4 Å². The average Bonchev–Trinajstić information content (AvgIpc) is 2.44. The molecule has 0 heterocycles. The number of carbonyl (C=O) groups excluding carboxylic acids is 1. The Morgan fingerprint density at radius 2 is 2.14 bits per heavy atom. The third kappa shape index (κ3) is 5.44. The first-order valence-electron chi connectivity index (χ1n) is 6.20. The number of benzene rings is 1. The van der Waals surface area contributed by atoms with Crippen molar-refractivity contribution in [2.75, 3.05) is 20.2 Å². The number of sulfonamides is 1. The fourth-order valence-corrected chi connectivity index (χ4v) is 2.39. The first kappa shape index (κ1) is 17.0. The van der Waals surface area contributed by atoms with Gasteiger partial charge in [0.25, 0.3) is 0 Å². The lowest BCUT2D eigenvalue weighted by atomic mass is 10.1. The second-order valence-corrected chi connectivity index (χ2v) is 5.74. The number of hydrogen-bond acceptors (Lipinski definition) is 4. The molecule has 0 fully saturated rings. The van der Waals surface area contributed by atoms with Gasteiger partial charge in [0.1, 0.15) is 10.6 Å². The van der Waals surface area contributed by atoms with E-state index in [0.717, 1.165) is 5.56 Å². The van der Waals surface area contributed by atoms with Crippen molar-refractivity contribution >= 4 is 16.1 Å². The summed E-state index contributed by atoms with van der Waals surface area (Å²) >= 11 is 0. The van der Waals surface area contributed by atoms with Gasteiger partial charge in [-0.15, -0.1) is 6.58 Å². The lowest BCUT2D eigenvalue weighted by Crippen LogP contribution is -2.36. The normalized spacial score (nSPS) is 10.8. The van der Waals surface area contributed by atoms with E-state index in [4.69, 9.17) is 9.88 Å². The Bertz CT molecular complexity index is 614. The average molecular weight is 313 g/mol. The molecule has 21 heavy (non-hydrogen) atoms. The Morgan fingerprint density at radius 3 is 2.71 bits per heavy atom. The molecule has 0 atom stereocenters. The van der Waals surface area contributed by atoms with Crippen molar-refractivity contribution in [3.8, 4) is 5.75 Å². The van der Waals surface area contributed by atoms with Crippen LogP contribution in [-0.4, -0.2) is 34.6 Å². The van der Waals surface area contributed by atoms with Crippen LogP contribution in [0.15, 0.2) is 35.7 Å². The van der Waals surface area contributed by atoms with Crippen molar-refractivity contribution < 1.29 is 17.9 Å². The van der Waals surface area contributed by atoms with E-state index in [1.165, 1.54) is 19.2 Å². The zero-order valence-electron chi connectivity index (χ0n) is 11.8. The van der Waals surface area contributed by atoms with Gasteiger partial charge in [0.15, 0.2) is 0 Å². The number of nitrogens with two attached hydrogens (primary N) is 1. The summed E-state index contributed by atoms with van der Waals surface area (Å²) in [6.45, 7) is 4.23. The summed E-state index contributed by atoms with van der Waals surface area (Å²) in [6, 6.07) is 4.39. The third-order valence-corrected chi connectivity index (χ3v) is 3.57. The molecule has 0 saturated carbocycles. The van der Waals surface area contributed by atoms with Crippen LogP contribution in [0.1, 0.15) is 5.56 Å². The van der Waals surface area contributed by atoms with Crippen LogP contribution in [0.4, 0.5) is 4.79 Å². The molecular formula is C13H19N3O4S. The molecule has 0 aromatic heterocycles. The van der Waals surface area contributed by atoms with E-state index in [2.05, 4.69) is 17.2 Å². The van der Waals surface area contributed by atoms with Crippen LogP contribution in [0.2, 0.25) is 0 Å². The summed E-state index contributed by atoms with van der Waals surface area (Å²) in [5.74, 6) is 0.193. The van der Waals surface area contributed by atoms with Gasteiger partial charge in [-0.05, 0) is 24.1 Å². The Labute approximate surface area is 124 Å². The molecule has 116 valence electrons. The van der Waals surface area contributed by atoms with Crippen molar-refractivity contribution in [2.45, 2.75) is 11.3 Å². The summed E-state index contributed by atoms with van der Waals surface area (Å²) in [7, 11) is -2.49. The van der Waals surface area contributed by atoms with E-state index in [1.807, 2.05) is 0 Å². The van der Waals surface area contributed by atoms with Crippen LogP contribution in [0.3, 0.4) is 0 Å². The molecule has 0 unspecified atom stereocenters. The molecule has 0 radical (unpaired) electrons. The SMILES string of the molecule is C=CCNC(=O)NCCc1ccc(OC)c(S(N)(=O)=O)c1. The zero-order valence-corrected chi connectivity index (χ0v) is 12.6. The molecule has 8 heteroatoms. The predicted molar refractivity (Wildman–Crippen MR) is 79.7 cm³/mol. The number of urea groups is 1. The molecule has 0 spiro atoms. The number of amides is 2. The number of carbonyl (C=O) groups is 1. The van der Waals surface area contributed by atoms with Crippen LogP contribution in [0, 0.1) is 0 Å². The van der Waals surface area contributed by atoms with Crippen LogP contribution in [0.5, 0.6) is 5.75 Å². The highest BCUT2D eigenvalue weighted by Gasteiger charge is 2.15. The second-order valence-electron chi connectivity index (χ2n) is 4.21. The molecule has 0 bridgehead atoms. The molecular weight excluding hydrogens is 294 g/mol. The number of ether oxygens (including phenoxy) is 1. The highest BCUT2D eigenvalue weighted by Crippen LogP contribution is 2.23. The lowest BCUT2D eigenvalue weighted by molar-refractivity contribution is 0.242. The lowest BCUT2D eigenvalue weighted by Gasteiger charge is -2.10. The topological polar surface area (TPSA) is 111 Å². The monoisotopic (exact) mass is 313 g/mol. The van der Waals surface area contributed by atoms with Gasteiger partial charge >= 0.3 is 6.03 Å². The molecule has 2 amide bonds. The second kappa shape index (κ2) is 7.65. The Hall–Kier alpha value is -2.06. The van der Waals surface area contributed by atoms with Crippen LogP contribution < -0.4 is 20.5 Å². The molecule has 0 aliphatic heterocycles. The zero-order chi connectivity index (χ0) is 15.9. The standard InChI is InChI=1S/C13H19N3O4S/c1-3-7-15-13(17)16-8-6-10-4-5-11(20-2)12(9-10)21(14,18)19/h3-5,9H,1,6-8H2,2H3,(H2,14,18,19)(H2,15,16,17). The smallest absolute Gasteiger partial charge is 0.315 e. The highest BCUT2D eigenvalue weighted by atomic mass is 32.2. The molecule has 1 rings (SSSR count). The number of nitrogens with one attached hydrogen (secondary N) is 2. The molecule has 1 aromatic carbocycles. The van der Waals surface area contributed by atoms with Crippen LogP contribution >= 0.6 is 0 Å². The summed E-state index contributed by atoms with van der Waals surface area (Å²) in [6.07, 6.45) is 2.04. The maximum Gasteiger partial charge on any atom is 0.315 e. The Kier molecular flexibility index (Phi) is 6.19. The van der Waals surface area contributed by atoms with E-state index in [9.17, 15) is 13.2 Å². The van der Waals surface area contributed by atoms with Gasteiger partial charge in [0.05, 0.1) is 7.11 Å². The predicted octanol–water partition coefficient (Wildman–Crippen LogP) is 0.370. The van der Waals surface area contributed by atoms with Gasteiger partial charge < -0.3 is 15.4 Å². The van der Waals surface area contributed by atoms with E-state index in [1.54, 1.807) is 12.1 Å². The Balaban J connectivity index is 2.69. The van der Waals surface area contributed by atoms with Crippen molar-refractivity contribution in [3.63, 3.8) is 0 Å². The van der Waals surface area contributed by atoms with Crippen molar-refractivity contribution in [2.24, 2.45) is 5.14 Å². The highest BCUT2D eigenvalue weighted by molar-refractivity contribution is 7.89. The first-order chi connectivity index (χ1) is 9.88. The van der Waals surface area contributed by atoms with Crippen LogP contribution in [-0.2, 0) is 16.4 Å². The fraction of sp³-hybridized carbons (Fsp3) is 0.308. The van der Waals surface area contributed by atoms with Gasteiger partial charge in [0, 0.05) is 13.1 Å². The summed E-state index contributed by atoms with van der Waals surface area (Å²) in [5, 5.41) is 10.3. The molecule has 4 N–H and O–H groups in total. The minimum Gasteiger partial charge on any atom is -0.495 e. The molecule has 0 aliphatic rings. The van der Waals surface area contributed by atoms with Gasteiger partial charge in [-0.3, -0.25) is 0 Å². The number of methoxy groups -OCH3 is 1. The van der Waals surface area contributed by atoms with E-state index >= 15 is 0 Å². The summed E-state index contributed by atoms with van der Waals surface area (Å²) in [5.41, 5.74) is 0.726. The Morgan fingerprint density at radius 1 is 1.43 bits per heavy atom. The number of primary sulfonamides is 1. The van der Waals surface area contributed by atoms with Crippen LogP contribution in [0.25, 0.3) is 0 Å². The van der Waals surface area contributed by atoms with Crippen molar-refractivity contribution in [1.29, 1.82) is 0 Å². The van der Waals surface area contributed by atoms with E-state index in [-0.39, 0.29) is 16.7 Å². The summed E-state index contributed by atoms with van der Waals surface area (Å²) < 4.78 is 27.9. The van der Waals surface area contributed by atoms with E-state index in [0.29, 0.717) is 19.5 Å². The number of rotatable bonds is 7. The van der Waals surface area contributed by atoms with Gasteiger partial charge in [-0.1, -0.05) is 12.1 Å². The fourth-order valence-electron chi connectivity index (χ4n) is 1.65. The summed E-state index contributed by atoms with van der Waals surface area (Å²) in [4.78, 5) is 11.2. The maximum atomic E-state index is 11.5. The molecule has 7 nitrogen and oxygen atoms in total. The third-order valence-electron chi connectivity index (χ3n) is 2.64.